The van der Waals surface area contributed by atoms with E-state index >= 15 is 0 Å². The van der Waals surface area contributed by atoms with Crippen LogP contribution in [-0.4, -0.2) is 4.98 Å². The normalized spacial score (nSPS) is 12.0. The summed E-state index contributed by atoms with van der Waals surface area (Å²) in [6.45, 7) is 5.96. The Kier molecular flexibility index (Phi) is 2.22. The smallest absolute Gasteiger partial charge is 0.137 e. The average molecular weight is 203 g/mol. The molecular formula is C13H14FN. The Hall–Kier alpha value is -1.44. The maximum absolute atomic E-state index is 14.1. The predicted octanol–water partition coefficient (Wildman–Crippen LogP) is 3.67. The van der Waals surface area contributed by atoms with E-state index in [4.69, 9.17) is 0 Å². The molecule has 1 aromatic heterocycles. The van der Waals surface area contributed by atoms with Gasteiger partial charge in [-0.3, -0.25) is 4.98 Å². The first-order valence-electron chi connectivity index (χ1n) is 5.04. The molecule has 0 saturated heterocycles. The van der Waals surface area contributed by atoms with E-state index in [0.29, 0.717) is 16.5 Å². The molecule has 2 rings (SSSR count). The van der Waals surface area contributed by atoms with Crippen molar-refractivity contribution in [3.63, 3.8) is 0 Å². The summed E-state index contributed by atoms with van der Waals surface area (Å²) in [5.41, 5.74) is 1.17. The van der Waals surface area contributed by atoms with E-state index in [1.54, 1.807) is 12.3 Å². The number of halogens is 1. The second-order valence-electron chi connectivity index (χ2n) is 4.75. The first-order valence-corrected chi connectivity index (χ1v) is 5.04. The molecule has 0 aliphatic rings. The van der Waals surface area contributed by atoms with Gasteiger partial charge in [-0.05, 0) is 17.5 Å². The molecule has 0 aliphatic carbocycles. The number of rotatable bonds is 0. The van der Waals surface area contributed by atoms with Crippen LogP contribution in [0.1, 0.15) is 26.3 Å². The van der Waals surface area contributed by atoms with E-state index in [2.05, 4.69) is 4.98 Å². The van der Waals surface area contributed by atoms with Gasteiger partial charge in [0.1, 0.15) is 5.82 Å². The fourth-order valence-electron chi connectivity index (χ4n) is 1.63. The number of para-hydroxylation sites is 1. The lowest BCUT2D eigenvalue weighted by Crippen LogP contribution is -2.14. The molecule has 0 fully saturated rings. The fourth-order valence-corrected chi connectivity index (χ4v) is 1.63. The molecule has 0 unspecified atom stereocenters. The highest BCUT2D eigenvalue weighted by Crippen LogP contribution is 2.28. The van der Waals surface area contributed by atoms with Gasteiger partial charge in [-0.25, -0.2) is 4.39 Å². The Morgan fingerprint density at radius 3 is 2.47 bits per heavy atom. The zero-order chi connectivity index (χ0) is 11.1. The molecule has 0 spiro atoms. The summed E-state index contributed by atoms with van der Waals surface area (Å²) >= 11 is 0. The second kappa shape index (κ2) is 3.30. The Morgan fingerprint density at radius 2 is 1.80 bits per heavy atom. The molecule has 0 bridgehead atoms. The van der Waals surface area contributed by atoms with Crippen molar-refractivity contribution in [2.75, 3.05) is 0 Å². The lowest BCUT2D eigenvalue weighted by atomic mass is 9.87. The SMILES string of the molecule is CC(C)(C)c1cnc2ccccc2c1F. The number of fused-ring (bicyclic) bond motifs is 1. The highest BCUT2D eigenvalue weighted by Gasteiger charge is 2.20. The Balaban J connectivity index is 2.76. The maximum atomic E-state index is 14.1. The van der Waals surface area contributed by atoms with Gasteiger partial charge >= 0.3 is 0 Å². The van der Waals surface area contributed by atoms with Gasteiger partial charge in [0, 0.05) is 17.1 Å². The van der Waals surface area contributed by atoms with Crippen LogP contribution in [0.2, 0.25) is 0 Å². The third-order valence-electron chi connectivity index (χ3n) is 2.52. The highest BCUT2D eigenvalue weighted by molar-refractivity contribution is 5.79. The zero-order valence-electron chi connectivity index (χ0n) is 9.21. The maximum Gasteiger partial charge on any atom is 0.137 e. The first-order chi connectivity index (χ1) is 7.00. The zero-order valence-corrected chi connectivity index (χ0v) is 9.21. The van der Waals surface area contributed by atoms with Crippen molar-refractivity contribution < 1.29 is 4.39 Å². The quantitative estimate of drug-likeness (QED) is 0.636. The van der Waals surface area contributed by atoms with Gasteiger partial charge in [0.15, 0.2) is 0 Å². The molecule has 0 amide bonds. The van der Waals surface area contributed by atoms with E-state index in [1.807, 2.05) is 39.0 Å². The minimum Gasteiger partial charge on any atom is -0.256 e. The van der Waals surface area contributed by atoms with Gasteiger partial charge < -0.3 is 0 Å². The molecule has 0 N–H and O–H groups in total. The Labute approximate surface area is 89.0 Å². The minimum atomic E-state index is -0.207. The summed E-state index contributed by atoms with van der Waals surface area (Å²) in [5, 5.41) is 0.602. The summed E-state index contributed by atoms with van der Waals surface area (Å²) < 4.78 is 14.1. The van der Waals surface area contributed by atoms with Gasteiger partial charge in [-0.2, -0.15) is 0 Å². The van der Waals surface area contributed by atoms with Crippen molar-refractivity contribution in [1.29, 1.82) is 0 Å². The standard InChI is InChI=1S/C13H14FN/c1-13(2,3)10-8-15-11-7-5-4-6-9(11)12(10)14/h4-8H,1-3H3. The van der Waals surface area contributed by atoms with Crippen LogP contribution in [0.15, 0.2) is 30.5 Å². The molecule has 0 saturated carbocycles. The number of hydrogen-bond acceptors (Lipinski definition) is 1. The molecular weight excluding hydrogens is 189 g/mol. The number of pyridine rings is 1. The second-order valence-corrected chi connectivity index (χ2v) is 4.75. The molecule has 2 aromatic rings. The van der Waals surface area contributed by atoms with Crippen molar-refractivity contribution >= 4 is 10.9 Å². The van der Waals surface area contributed by atoms with Crippen molar-refractivity contribution in [1.82, 2.24) is 4.98 Å². The minimum absolute atomic E-state index is 0.145. The summed E-state index contributed by atoms with van der Waals surface area (Å²) in [4.78, 5) is 4.27. The molecule has 1 nitrogen and oxygen atoms in total. The van der Waals surface area contributed by atoms with Gasteiger partial charge in [-0.15, -0.1) is 0 Å². The van der Waals surface area contributed by atoms with E-state index < -0.39 is 0 Å². The molecule has 1 aromatic carbocycles. The summed E-state index contributed by atoms with van der Waals surface area (Å²) in [6.07, 6.45) is 1.64. The largest absolute Gasteiger partial charge is 0.256 e. The van der Waals surface area contributed by atoms with Gasteiger partial charge in [0.25, 0.3) is 0 Å². The molecule has 1 heterocycles. The number of nitrogens with zero attached hydrogens (tertiary/aromatic N) is 1. The van der Waals surface area contributed by atoms with Crippen molar-refractivity contribution in [2.45, 2.75) is 26.2 Å². The van der Waals surface area contributed by atoms with E-state index in [9.17, 15) is 4.39 Å². The third kappa shape index (κ3) is 1.72. The highest BCUT2D eigenvalue weighted by atomic mass is 19.1. The average Bonchev–Trinajstić information content (AvgIpc) is 2.16. The fraction of sp³-hybridized carbons (Fsp3) is 0.308. The van der Waals surface area contributed by atoms with Crippen LogP contribution in [0.3, 0.4) is 0 Å². The van der Waals surface area contributed by atoms with Crippen LogP contribution in [0.25, 0.3) is 10.9 Å². The molecule has 0 radical (unpaired) electrons. The van der Waals surface area contributed by atoms with Gasteiger partial charge in [-0.1, -0.05) is 32.9 Å². The van der Waals surface area contributed by atoms with Gasteiger partial charge in [0.05, 0.1) is 5.52 Å². The molecule has 78 valence electrons. The number of benzene rings is 1. The summed E-state index contributed by atoms with van der Waals surface area (Å²) in [7, 11) is 0. The Morgan fingerprint density at radius 1 is 1.13 bits per heavy atom. The monoisotopic (exact) mass is 203 g/mol. The van der Waals surface area contributed by atoms with Crippen LogP contribution < -0.4 is 0 Å². The van der Waals surface area contributed by atoms with E-state index in [1.165, 1.54) is 0 Å². The molecule has 0 aliphatic heterocycles. The molecule has 2 heteroatoms. The van der Waals surface area contributed by atoms with Crippen molar-refractivity contribution in [3.05, 3.63) is 41.8 Å². The topological polar surface area (TPSA) is 12.9 Å². The van der Waals surface area contributed by atoms with Crippen LogP contribution in [0.5, 0.6) is 0 Å². The lowest BCUT2D eigenvalue weighted by Gasteiger charge is -2.19. The van der Waals surface area contributed by atoms with Gasteiger partial charge in [0.2, 0.25) is 0 Å². The van der Waals surface area contributed by atoms with Crippen LogP contribution in [0.4, 0.5) is 4.39 Å². The Bertz CT molecular complexity index is 497. The van der Waals surface area contributed by atoms with Crippen LogP contribution in [0, 0.1) is 5.82 Å². The first kappa shape index (κ1) is 10.1. The van der Waals surface area contributed by atoms with Crippen LogP contribution >= 0.6 is 0 Å². The predicted molar refractivity (Wildman–Crippen MR) is 60.4 cm³/mol. The third-order valence-corrected chi connectivity index (χ3v) is 2.52. The van der Waals surface area contributed by atoms with E-state index in [0.717, 1.165) is 0 Å². The summed E-state index contributed by atoms with van der Waals surface area (Å²) in [6, 6.07) is 7.29. The van der Waals surface area contributed by atoms with E-state index in [-0.39, 0.29) is 11.2 Å². The molecule has 15 heavy (non-hydrogen) atoms. The number of aromatic nitrogens is 1. The summed E-state index contributed by atoms with van der Waals surface area (Å²) in [5.74, 6) is -0.145. The number of hydrogen-bond donors (Lipinski definition) is 0. The molecule has 0 atom stereocenters. The van der Waals surface area contributed by atoms with Crippen molar-refractivity contribution in [3.8, 4) is 0 Å². The van der Waals surface area contributed by atoms with Crippen LogP contribution in [-0.2, 0) is 5.41 Å². The van der Waals surface area contributed by atoms with Crippen molar-refractivity contribution in [2.24, 2.45) is 0 Å². The lowest BCUT2D eigenvalue weighted by molar-refractivity contribution is 0.526.